The van der Waals surface area contributed by atoms with Crippen molar-refractivity contribution >= 4 is 30.8 Å². The molecule has 0 fully saturated rings. The van der Waals surface area contributed by atoms with Crippen molar-refractivity contribution in [1.82, 2.24) is 0 Å². The van der Waals surface area contributed by atoms with E-state index >= 15 is 0 Å². The predicted molar refractivity (Wildman–Crippen MR) is 145 cm³/mol. The van der Waals surface area contributed by atoms with Crippen molar-refractivity contribution in [1.29, 1.82) is 0 Å². The topological polar surface area (TPSA) is 35.5 Å². The maximum atomic E-state index is 14.9. The molecule has 0 N–H and O–H groups in total. The van der Waals surface area contributed by atoms with Gasteiger partial charge in [-0.25, -0.2) is 0 Å². The van der Waals surface area contributed by atoms with Crippen LogP contribution in [0.15, 0.2) is 121 Å². The average molecular weight is 616 g/mol. The van der Waals surface area contributed by atoms with Crippen LogP contribution in [-0.2, 0) is 13.6 Å². The van der Waals surface area contributed by atoms with Gasteiger partial charge in [0.05, 0.1) is 0 Å². The third-order valence-electron chi connectivity index (χ3n) is 5.65. The van der Waals surface area contributed by atoms with E-state index in [0.717, 1.165) is 0 Å². The first-order valence-corrected chi connectivity index (χ1v) is 17.6. The van der Waals surface area contributed by atoms with Crippen LogP contribution in [-0.4, -0.2) is 16.6 Å². The molecular weight excluding hydrogens is 585 g/mol. The number of hydrogen-bond donors (Lipinski definition) is 0. The van der Waals surface area contributed by atoms with E-state index in [-0.39, 0.29) is 3.41 Å². The molecule has 4 aromatic rings. The number of rotatable bonds is 11. The maximum absolute atomic E-state index is 14.9. The van der Waals surface area contributed by atoms with E-state index in [4.69, 9.17) is 9.05 Å². The van der Waals surface area contributed by atoms with E-state index in [0.29, 0.717) is 13.2 Å². The second kappa shape index (κ2) is 12.4. The number of benzene rings is 4. The first kappa shape index (κ1) is 26.3. The van der Waals surface area contributed by atoms with E-state index in [1.165, 1.54) is 19.5 Å². The molecule has 0 aromatic heterocycles. The number of hydrogen-bond acceptors (Lipinski definition) is 3. The molecule has 3 nitrogen and oxygen atoms in total. The molecule has 1 unspecified atom stereocenters. The van der Waals surface area contributed by atoms with Gasteiger partial charge >= 0.3 is 221 Å². The zero-order chi connectivity index (χ0) is 24.6. The summed E-state index contributed by atoms with van der Waals surface area (Å²) in [6.07, 6.45) is 0. The molecule has 6 heteroatoms. The van der Waals surface area contributed by atoms with Gasteiger partial charge in [-0.2, -0.15) is 0 Å². The quantitative estimate of drug-likeness (QED) is 0.147. The third-order valence-corrected chi connectivity index (χ3v) is 21.1. The van der Waals surface area contributed by atoms with Gasteiger partial charge in [0, 0.05) is 0 Å². The molecule has 0 aliphatic carbocycles. The van der Waals surface area contributed by atoms with Crippen molar-refractivity contribution in [2.75, 3.05) is 13.2 Å². The zero-order valence-electron chi connectivity index (χ0n) is 20.0. The summed E-state index contributed by atoms with van der Waals surface area (Å²) in [5.41, 5.74) is 0. The predicted octanol–water partition coefficient (Wildman–Crippen LogP) is 3.49. The van der Waals surface area contributed by atoms with Crippen molar-refractivity contribution in [2.45, 2.75) is 17.3 Å². The van der Waals surface area contributed by atoms with Crippen molar-refractivity contribution in [3.8, 4) is 0 Å². The molecule has 0 aliphatic heterocycles. The van der Waals surface area contributed by atoms with Gasteiger partial charge in [-0.1, -0.05) is 0 Å². The number of halogens is 1. The fourth-order valence-corrected chi connectivity index (χ4v) is 21.6. The van der Waals surface area contributed by atoms with Gasteiger partial charge in [-0.05, 0) is 0 Å². The Kier molecular flexibility index (Phi) is 9.33. The van der Waals surface area contributed by atoms with Crippen molar-refractivity contribution in [3.05, 3.63) is 125 Å². The van der Waals surface area contributed by atoms with Crippen LogP contribution in [0.4, 0.5) is 0 Å². The monoisotopic (exact) mass is 616 g/mol. The van der Waals surface area contributed by atoms with E-state index in [9.17, 15) is 4.57 Å². The third kappa shape index (κ3) is 5.63. The SMILES string of the molecule is CCOP(=O)(OCC)C([I-]c1ccccc1)[P+](c1ccccc1)(c1ccccc1)c1ccccc1. The Balaban J connectivity index is 2.11. The summed E-state index contributed by atoms with van der Waals surface area (Å²) in [6, 6.07) is 42.2. The van der Waals surface area contributed by atoms with E-state index < -0.39 is 36.1 Å². The zero-order valence-corrected chi connectivity index (χ0v) is 24.0. The van der Waals surface area contributed by atoms with Crippen LogP contribution in [0.25, 0.3) is 0 Å². The van der Waals surface area contributed by atoms with Gasteiger partial charge in [0.25, 0.3) is 0 Å². The molecule has 35 heavy (non-hydrogen) atoms. The van der Waals surface area contributed by atoms with Crippen molar-refractivity contribution in [2.24, 2.45) is 0 Å². The molecule has 0 amide bonds. The second-order valence-electron chi connectivity index (χ2n) is 7.82. The van der Waals surface area contributed by atoms with Crippen LogP contribution >= 0.6 is 14.9 Å². The van der Waals surface area contributed by atoms with Gasteiger partial charge in [0.1, 0.15) is 0 Å². The van der Waals surface area contributed by atoms with Crippen molar-refractivity contribution < 1.29 is 34.8 Å². The van der Waals surface area contributed by atoms with Gasteiger partial charge in [-0.3, -0.25) is 0 Å². The summed E-state index contributed by atoms with van der Waals surface area (Å²) in [7, 11) is -5.99. The van der Waals surface area contributed by atoms with Gasteiger partial charge in [0.15, 0.2) is 0 Å². The molecule has 0 saturated carbocycles. The van der Waals surface area contributed by atoms with Gasteiger partial charge in [-0.15, -0.1) is 0 Å². The van der Waals surface area contributed by atoms with Crippen LogP contribution < -0.4 is 37.1 Å². The Morgan fingerprint density at radius 1 is 0.629 bits per heavy atom. The molecule has 4 aromatic carbocycles. The van der Waals surface area contributed by atoms with Gasteiger partial charge in [0.2, 0.25) is 0 Å². The summed E-state index contributed by atoms with van der Waals surface area (Å²) >= 11 is -0.785. The van der Waals surface area contributed by atoms with Crippen LogP contribution in [0, 0.1) is 3.57 Å². The van der Waals surface area contributed by atoms with Crippen LogP contribution in [0.3, 0.4) is 0 Å². The minimum absolute atomic E-state index is 0.289. The summed E-state index contributed by atoms with van der Waals surface area (Å²) < 4.78 is 28.2. The van der Waals surface area contributed by atoms with E-state index in [2.05, 4.69) is 97.1 Å². The van der Waals surface area contributed by atoms with E-state index in [1.807, 2.05) is 38.1 Å². The summed E-state index contributed by atoms with van der Waals surface area (Å²) in [4.78, 5) is 0. The first-order valence-electron chi connectivity index (χ1n) is 11.8. The van der Waals surface area contributed by atoms with Crippen LogP contribution in [0.5, 0.6) is 0 Å². The molecule has 0 saturated heterocycles. The Morgan fingerprint density at radius 3 is 1.31 bits per heavy atom. The molecule has 182 valence electrons. The van der Waals surface area contributed by atoms with E-state index in [1.54, 1.807) is 0 Å². The molecule has 0 bridgehead atoms. The second-order valence-corrected chi connectivity index (χ2v) is 18.9. The summed E-state index contributed by atoms with van der Waals surface area (Å²) in [5, 5.41) is 3.58. The van der Waals surface area contributed by atoms with Crippen LogP contribution in [0.1, 0.15) is 13.8 Å². The molecule has 1 atom stereocenters. The molecular formula is C29H31IO3P2. The van der Waals surface area contributed by atoms with Crippen LogP contribution in [0.2, 0.25) is 0 Å². The summed E-state index contributed by atoms with van der Waals surface area (Å²) in [6.45, 7) is 4.48. The Labute approximate surface area is 220 Å². The molecule has 0 aliphatic rings. The normalized spacial score (nSPS) is 13.0. The fourth-order valence-electron chi connectivity index (χ4n) is 4.27. The molecule has 0 heterocycles. The minimum atomic E-state index is -3.51. The standard InChI is InChI=1S/C29H31IO3P2/c1-3-32-35(31,33-4-2)29(30-25-17-9-5-10-18-25)34(26-19-11-6-12-20-26,27-21-13-7-14-22-27)28-23-15-8-16-24-28/h5-24,29H,3-4H2,1-2H3. The summed E-state index contributed by atoms with van der Waals surface area (Å²) in [5.74, 6) is 0. The average Bonchev–Trinajstić information content (AvgIpc) is 2.91. The molecule has 0 spiro atoms. The fraction of sp³-hybridized carbons (Fsp3) is 0.172. The first-order chi connectivity index (χ1) is 17.1. The Bertz CT molecular complexity index is 1120. The van der Waals surface area contributed by atoms with Gasteiger partial charge < -0.3 is 0 Å². The number of alkyl halides is 1. The molecule has 0 radical (unpaired) electrons. The van der Waals surface area contributed by atoms with Crippen molar-refractivity contribution in [3.63, 3.8) is 0 Å². The Hall–Kier alpha value is -1.81. The Morgan fingerprint density at radius 2 is 0.971 bits per heavy atom. The molecule has 4 rings (SSSR count).